The number of hydrogen-bond donors (Lipinski definition) is 2. The highest BCUT2D eigenvalue weighted by Gasteiger charge is 2.27. The van der Waals surface area contributed by atoms with Gasteiger partial charge < -0.3 is 5.73 Å². The Kier molecular flexibility index (Phi) is 7.78. The van der Waals surface area contributed by atoms with Crippen LogP contribution in [0.15, 0.2) is 23.1 Å². The maximum absolute atomic E-state index is 12.5. The van der Waals surface area contributed by atoms with E-state index in [9.17, 15) is 8.42 Å². The number of rotatable bonds is 5. The standard InChI is InChI=1S/C15H20ClN3O2S.ClH/c16-14-7-6-13(8-12(14)9-17)22(20,21)19-15(10-18)11-4-2-1-3-5-11;/h6-8,11,15,19H,1-5,10,18H2;1H. The summed E-state index contributed by atoms with van der Waals surface area (Å²) >= 11 is 5.84. The molecular formula is C15H21Cl2N3O2S. The van der Waals surface area contributed by atoms with E-state index in [0.717, 1.165) is 25.7 Å². The van der Waals surface area contributed by atoms with Crippen molar-refractivity contribution in [3.8, 4) is 6.07 Å². The number of benzene rings is 1. The van der Waals surface area contributed by atoms with Crippen LogP contribution in [-0.4, -0.2) is 21.0 Å². The summed E-state index contributed by atoms with van der Waals surface area (Å²) in [6.07, 6.45) is 5.41. The minimum atomic E-state index is -3.71. The van der Waals surface area contributed by atoms with E-state index in [1.807, 2.05) is 6.07 Å². The van der Waals surface area contributed by atoms with Gasteiger partial charge in [-0.05, 0) is 37.0 Å². The van der Waals surface area contributed by atoms with E-state index in [1.165, 1.54) is 24.6 Å². The largest absolute Gasteiger partial charge is 0.329 e. The van der Waals surface area contributed by atoms with E-state index < -0.39 is 10.0 Å². The van der Waals surface area contributed by atoms with Gasteiger partial charge in [0.15, 0.2) is 0 Å². The highest BCUT2D eigenvalue weighted by Crippen LogP contribution is 2.27. The van der Waals surface area contributed by atoms with Crippen molar-refractivity contribution >= 4 is 34.0 Å². The summed E-state index contributed by atoms with van der Waals surface area (Å²) < 4.78 is 27.7. The van der Waals surface area contributed by atoms with Crippen molar-refractivity contribution in [1.82, 2.24) is 4.72 Å². The van der Waals surface area contributed by atoms with Crippen LogP contribution in [0.1, 0.15) is 37.7 Å². The van der Waals surface area contributed by atoms with E-state index in [4.69, 9.17) is 22.6 Å². The molecule has 1 aromatic carbocycles. The van der Waals surface area contributed by atoms with Crippen LogP contribution >= 0.6 is 24.0 Å². The van der Waals surface area contributed by atoms with Crippen molar-refractivity contribution in [2.24, 2.45) is 11.7 Å². The third kappa shape index (κ3) is 5.07. The lowest BCUT2D eigenvalue weighted by Crippen LogP contribution is -2.45. The molecule has 1 atom stereocenters. The first-order chi connectivity index (χ1) is 10.5. The Bertz CT molecular complexity index is 668. The van der Waals surface area contributed by atoms with Crippen molar-refractivity contribution in [3.63, 3.8) is 0 Å². The molecule has 1 fully saturated rings. The van der Waals surface area contributed by atoms with Gasteiger partial charge in [-0.15, -0.1) is 12.4 Å². The molecule has 0 aromatic heterocycles. The van der Waals surface area contributed by atoms with Crippen LogP contribution in [0.5, 0.6) is 0 Å². The first-order valence-corrected chi connectivity index (χ1v) is 9.26. The van der Waals surface area contributed by atoms with Gasteiger partial charge in [0, 0.05) is 12.6 Å². The summed E-state index contributed by atoms with van der Waals surface area (Å²) in [4.78, 5) is 0.0442. The average molecular weight is 378 g/mol. The maximum atomic E-state index is 12.5. The molecule has 23 heavy (non-hydrogen) atoms. The number of nitrogens with zero attached hydrogens (tertiary/aromatic N) is 1. The number of halogens is 2. The van der Waals surface area contributed by atoms with Crippen molar-refractivity contribution < 1.29 is 8.42 Å². The Morgan fingerprint density at radius 3 is 2.57 bits per heavy atom. The van der Waals surface area contributed by atoms with Crippen LogP contribution in [0, 0.1) is 17.2 Å². The molecule has 0 saturated heterocycles. The van der Waals surface area contributed by atoms with Crippen molar-refractivity contribution in [2.45, 2.75) is 43.0 Å². The smallest absolute Gasteiger partial charge is 0.240 e. The zero-order valence-electron chi connectivity index (χ0n) is 12.7. The number of sulfonamides is 1. The zero-order valence-corrected chi connectivity index (χ0v) is 15.1. The molecule has 1 aliphatic carbocycles. The fourth-order valence-electron chi connectivity index (χ4n) is 2.90. The molecular weight excluding hydrogens is 357 g/mol. The molecule has 1 unspecified atom stereocenters. The highest BCUT2D eigenvalue weighted by molar-refractivity contribution is 7.89. The summed E-state index contributed by atoms with van der Waals surface area (Å²) in [5, 5.41) is 9.21. The quantitative estimate of drug-likeness (QED) is 0.824. The van der Waals surface area contributed by atoms with E-state index in [-0.39, 0.29) is 46.4 Å². The third-order valence-corrected chi connectivity index (χ3v) is 5.97. The van der Waals surface area contributed by atoms with Gasteiger partial charge in [0.1, 0.15) is 6.07 Å². The van der Waals surface area contributed by atoms with Gasteiger partial charge in [0.25, 0.3) is 0 Å². The highest BCUT2D eigenvalue weighted by atomic mass is 35.5. The van der Waals surface area contributed by atoms with Crippen LogP contribution < -0.4 is 10.5 Å². The minimum absolute atomic E-state index is 0. The average Bonchev–Trinajstić information content (AvgIpc) is 2.53. The second kappa shape index (κ2) is 8.86. The lowest BCUT2D eigenvalue weighted by atomic mass is 9.84. The van der Waals surface area contributed by atoms with Gasteiger partial charge in [0.2, 0.25) is 10.0 Å². The number of nitrogens with one attached hydrogen (secondary N) is 1. The Morgan fingerprint density at radius 1 is 1.35 bits per heavy atom. The van der Waals surface area contributed by atoms with Gasteiger partial charge in [-0.1, -0.05) is 30.9 Å². The molecule has 1 aliphatic rings. The maximum Gasteiger partial charge on any atom is 0.240 e. The van der Waals surface area contributed by atoms with Crippen LogP contribution in [0.4, 0.5) is 0 Å². The SMILES string of the molecule is Cl.N#Cc1cc(S(=O)(=O)NC(CN)C2CCCCC2)ccc1Cl. The molecule has 0 bridgehead atoms. The Labute approximate surface area is 148 Å². The molecule has 128 valence electrons. The number of nitrogens with two attached hydrogens (primary N) is 1. The topological polar surface area (TPSA) is 96.0 Å². The van der Waals surface area contributed by atoms with Crippen LogP contribution in [0.25, 0.3) is 0 Å². The molecule has 0 amide bonds. The second-order valence-electron chi connectivity index (χ2n) is 5.62. The molecule has 8 heteroatoms. The fourth-order valence-corrected chi connectivity index (χ4v) is 4.40. The molecule has 0 radical (unpaired) electrons. The molecule has 0 aliphatic heterocycles. The number of hydrogen-bond acceptors (Lipinski definition) is 4. The van der Waals surface area contributed by atoms with Crippen LogP contribution in [0.3, 0.4) is 0 Å². The van der Waals surface area contributed by atoms with Crippen LogP contribution in [-0.2, 0) is 10.0 Å². The zero-order chi connectivity index (χ0) is 16.2. The molecule has 1 aromatic rings. The lowest BCUT2D eigenvalue weighted by Gasteiger charge is -2.29. The first kappa shape index (κ1) is 20.2. The van der Waals surface area contributed by atoms with Gasteiger partial charge in [-0.25, -0.2) is 13.1 Å². The van der Waals surface area contributed by atoms with Crippen LogP contribution in [0.2, 0.25) is 5.02 Å². The molecule has 0 spiro atoms. The summed E-state index contributed by atoms with van der Waals surface area (Å²) in [6.45, 7) is 0.266. The minimum Gasteiger partial charge on any atom is -0.329 e. The van der Waals surface area contributed by atoms with Gasteiger partial charge in [-0.3, -0.25) is 0 Å². The molecule has 3 N–H and O–H groups in total. The summed E-state index contributed by atoms with van der Waals surface area (Å²) in [5.41, 5.74) is 5.91. The Morgan fingerprint density at radius 2 is 2.00 bits per heavy atom. The van der Waals surface area contributed by atoms with Gasteiger partial charge in [0.05, 0.1) is 15.5 Å². The predicted molar refractivity (Wildman–Crippen MR) is 93.2 cm³/mol. The fraction of sp³-hybridized carbons (Fsp3) is 0.533. The van der Waals surface area contributed by atoms with E-state index in [1.54, 1.807) is 0 Å². The third-order valence-electron chi connectivity index (χ3n) is 4.15. The lowest BCUT2D eigenvalue weighted by molar-refractivity contribution is 0.294. The molecule has 5 nitrogen and oxygen atoms in total. The first-order valence-electron chi connectivity index (χ1n) is 7.40. The monoisotopic (exact) mass is 377 g/mol. The Hall–Kier alpha value is -0.840. The number of nitriles is 1. The molecule has 0 heterocycles. The van der Waals surface area contributed by atoms with E-state index >= 15 is 0 Å². The molecule has 2 rings (SSSR count). The molecule has 1 saturated carbocycles. The van der Waals surface area contributed by atoms with E-state index in [0.29, 0.717) is 0 Å². The van der Waals surface area contributed by atoms with Gasteiger partial charge in [-0.2, -0.15) is 5.26 Å². The summed E-state index contributed by atoms with van der Waals surface area (Å²) in [5.74, 6) is 0.274. The van der Waals surface area contributed by atoms with Crippen molar-refractivity contribution in [2.75, 3.05) is 6.54 Å². The second-order valence-corrected chi connectivity index (χ2v) is 7.74. The summed E-state index contributed by atoms with van der Waals surface area (Å²) in [7, 11) is -3.71. The van der Waals surface area contributed by atoms with Crippen molar-refractivity contribution in [3.05, 3.63) is 28.8 Å². The summed E-state index contributed by atoms with van der Waals surface area (Å²) in [6, 6.07) is 5.73. The van der Waals surface area contributed by atoms with E-state index in [2.05, 4.69) is 4.72 Å². The Balaban J connectivity index is 0.00000264. The van der Waals surface area contributed by atoms with Crippen molar-refractivity contribution in [1.29, 1.82) is 5.26 Å². The predicted octanol–water partition coefficient (Wildman–Crippen LogP) is 2.82. The van der Waals surface area contributed by atoms with Gasteiger partial charge >= 0.3 is 0 Å². The normalized spacial score (nSPS) is 17.1.